The Morgan fingerprint density at radius 2 is 2.02 bits per heavy atom. The van der Waals surface area contributed by atoms with Crippen LogP contribution in [-0.4, -0.2) is 74.5 Å². The number of nitrogen functional groups attached to an aromatic ring is 1. The van der Waals surface area contributed by atoms with Crippen LogP contribution in [0.5, 0.6) is 17.6 Å². The third kappa shape index (κ3) is 5.25. The molecule has 3 fully saturated rings. The Hall–Kier alpha value is -3.74. The first kappa shape index (κ1) is 30.6. The SMILES string of the molecule is C[C@H](c1cc(Cl)cnc1N)N1CCOc2nc(-c3cc(O)cc(Cl)c3C3CC3)c(F)c3nc(OC[C@@]45CCCN4C[C@H](F)C5)nc1c23. The van der Waals surface area contributed by atoms with Gasteiger partial charge < -0.3 is 25.2 Å². The topological polar surface area (TPSA) is 123 Å². The first-order chi connectivity index (χ1) is 22.6. The molecule has 3 atom stereocenters. The van der Waals surface area contributed by atoms with Gasteiger partial charge in [0.1, 0.15) is 53.4 Å². The van der Waals surface area contributed by atoms with Crippen LogP contribution in [0.4, 0.5) is 20.4 Å². The van der Waals surface area contributed by atoms with Gasteiger partial charge in [-0.1, -0.05) is 23.2 Å². The van der Waals surface area contributed by atoms with Gasteiger partial charge in [-0.2, -0.15) is 9.97 Å². The lowest BCUT2D eigenvalue weighted by Gasteiger charge is -2.32. The summed E-state index contributed by atoms with van der Waals surface area (Å²) in [5.41, 5.74) is 7.49. The van der Waals surface area contributed by atoms with Crippen molar-refractivity contribution in [2.24, 2.45) is 0 Å². The molecular formula is C33H33Cl2F2N7O3. The molecule has 4 aromatic rings. The van der Waals surface area contributed by atoms with Crippen LogP contribution in [0.15, 0.2) is 24.4 Å². The number of benzene rings is 1. The number of phenolic OH excluding ortho intramolecular Hbond substituents is 1. The van der Waals surface area contributed by atoms with Gasteiger partial charge in [0.15, 0.2) is 5.82 Å². The molecule has 3 aliphatic heterocycles. The van der Waals surface area contributed by atoms with Crippen LogP contribution in [0, 0.1) is 5.82 Å². The largest absolute Gasteiger partial charge is 0.508 e. The molecule has 1 aromatic carbocycles. The van der Waals surface area contributed by atoms with E-state index in [4.69, 9.17) is 43.4 Å². The summed E-state index contributed by atoms with van der Waals surface area (Å²) >= 11 is 12.9. The highest BCUT2D eigenvalue weighted by Gasteiger charge is 2.49. The Labute approximate surface area is 279 Å². The second-order valence-corrected chi connectivity index (χ2v) is 13.8. The van der Waals surface area contributed by atoms with Crippen molar-refractivity contribution in [1.29, 1.82) is 0 Å². The molecule has 0 amide bonds. The Morgan fingerprint density at radius 1 is 1.19 bits per heavy atom. The van der Waals surface area contributed by atoms with Crippen LogP contribution >= 0.6 is 23.2 Å². The van der Waals surface area contributed by atoms with E-state index >= 15 is 4.39 Å². The quantitative estimate of drug-likeness (QED) is 0.220. The molecule has 47 heavy (non-hydrogen) atoms. The number of fused-ring (bicyclic) bond motifs is 1. The maximum absolute atomic E-state index is 17.0. The van der Waals surface area contributed by atoms with Gasteiger partial charge in [-0.15, -0.1) is 0 Å². The van der Waals surface area contributed by atoms with Crippen molar-refractivity contribution in [2.75, 3.05) is 43.5 Å². The third-order valence-electron chi connectivity index (χ3n) is 9.98. The molecule has 1 aliphatic carbocycles. The minimum Gasteiger partial charge on any atom is -0.508 e. The van der Waals surface area contributed by atoms with Gasteiger partial charge in [-0.25, -0.2) is 18.7 Å². The highest BCUT2D eigenvalue weighted by Crippen LogP contribution is 2.50. The van der Waals surface area contributed by atoms with Crippen LogP contribution in [0.1, 0.15) is 62.1 Å². The van der Waals surface area contributed by atoms with Gasteiger partial charge in [0, 0.05) is 35.3 Å². The molecule has 10 nitrogen and oxygen atoms in total. The molecule has 0 bridgehead atoms. The van der Waals surface area contributed by atoms with E-state index in [1.54, 1.807) is 6.07 Å². The summed E-state index contributed by atoms with van der Waals surface area (Å²) in [5.74, 6) is 0.0720. The summed E-state index contributed by atoms with van der Waals surface area (Å²) in [4.78, 5) is 22.4. The normalized spacial score (nSPS) is 23.1. The van der Waals surface area contributed by atoms with Crippen LogP contribution in [0.25, 0.3) is 22.2 Å². The van der Waals surface area contributed by atoms with Gasteiger partial charge in [-0.05, 0) is 68.8 Å². The number of rotatable bonds is 7. The summed E-state index contributed by atoms with van der Waals surface area (Å²) in [7, 11) is 0. The van der Waals surface area contributed by atoms with Gasteiger partial charge in [-0.3, -0.25) is 4.90 Å². The van der Waals surface area contributed by atoms with Crippen LogP contribution < -0.4 is 20.1 Å². The molecule has 1 saturated carbocycles. The molecular weight excluding hydrogens is 651 g/mol. The van der Waals surface area contributed by atoms with Gasteiger partial charge in [0.25, 0.3) is 0 Å². The highest BCUT2D eigenvalue weighted by molar-refractivity contribution is 6.32. The number of anilines is 2. The van der Waals surface area contributed by atoms with Crippen molar-refractivity contribution < 1.29 is 23.4 Å². The molecule has 0 unspecified atom stereocenters. The first-order valence-electron chi connectivity index (χ1n) is 15.9. The number of nitrogens with two attached hydrogens (primary N) is 1. The van der Waals surface area contributed by atoms with Crippen molar-refractivity contribution in [3.05, 3.63) is 51.4 Å². The number of hydrogen-bond donors (Lipinski definition) is 2. The Bertz CT molecular complexity index is 1910. The van der Waals surface area contributed by atoms with E-state index in [-0.39, 0.29) is 53.4 Å². The predicted molar refractivity (Wildman–Crippen MR) is 175 cm³/mol. The van der Waals surface area contributed by atoms with Crippen molar-refractivity contribution in [3.8, 4) is 28.9 Å². The molecule has 8 rings (SSSR count). The number of nitrogens with zero attached hydrogens (tertiary/aromatic N) is 6. The number of alkyl halides is 1. The van der Waals surface area contributed by atoms with E-state index in [0.29, 0.717) is 52.3 Å². The van der Waals surface area contributed by atoms with Crippen LogP contribution in [-0.2, 0) is 0 Å². The molecule has 2 saturated heterocycles. The predicted octanol–water partition coefficient (Wildman–Crippen LogP) is 6.61. The van der Waals surface area contributed by atoms with Crippen molar-refractivity contribution in [2.45, 2.75) is 62.7 Å². The first-order valence-corrected chi connectivity index (χ1v) is 16.6. The zero-order chi connectivity index (χ0) is 32.6. The Balaban J connectivity index is 1.30. The smallest absolute Gasteiger partial charge is 0.319 e. The van der Waals surface area contributed by atoms with Crippen molar-refractivity contribution in [3.63, 3.8) is 0 Å². The molecule has 4 aliphatic rings. The van der Waals surface area contributed by atoms with Gasteiger partial charge in [0.2, 0.25) is 5.88 Å². The number of halogens is 4. The number of hydrogen-bond acceptors (Lipinski definition) is 10. The number of phenols is 1. The Morgan fingerprint density at radius 3 is 2.83 bits per heavy atom. The maximum Gasteiger partial charge on any atom is 0.319 e. The lowest BCUT2D eigenvalue weighted by atomic mass is 9.95. The van der Waals surface area contributed by atoms with Crippen molar-refractivity contribution in [1.82, 2.24) is 24.8 Å². The summed E-state index contributed by atoms with van der Waals surface area (Å²) in [6.45, 7) is 3.77. The fourth-order valence-electron chi connectivity index (χ4n) is 7.58. The summed E-state index contributed by atoms with van der Waals surface area (Å²) in [6, 6.07) is 4.21. The monoisotopic (exact) mass is 683 g/mol. The van der Waals surface area contributed by atoms with Crippen LogP contribution in [0.2, 0.25) is 10.0 Å². The zero-order valence-corrected chi connectivity index (χ0v) is 27.2. The second-order valence-electron chi connectivity index (χ2n) is 13.0. The lowest BCUT2D eigenvalue weighted by Crippen LogP contribution is -2.43. The molecule has 6 heterocycles. The fraction of sp³-hybridized carbons (Fsp3) is 0.455. The highest BCUT2D eigenvalue weighted by atomic mass is 35.5. The number of aromatic nitrogens is 4. The van der Waals surface area contributed by atoms with Gasteiger partial charge in [0.05, 0.1) is 23.1 Å². The summed E-state index contributed by atoms with van der Waals surface area (Å²) < 4.78 is 44.0. The second kappa shape index (κ2) is 11.5. The molecule has 3 N–H and O–H groups in total. The Kier molecular flexibility index (Phi) is 7.45. The van der Waals surface area contributed by atoms with E-state index in [1.807, 2.05) is 11.8 Å². The summed E-state index contributed by atoms with van der Waals surface area (Å²) in [6.07, 6.45) is 4.43. The minimum absolute atomic E-state index is 0.0378. The molecule has 0 spiro atoms. The molecule has 0 radical (unpaired) electrons. The lowest BCUT2D eigenvalue weighted by molar-refractivity contribution is 0.107. The van der Waals surface area contributed by atoms with E-state index in [9.17, 15) is 9.50 Å². The fourth-order valence-corrected chi connectivity index (χ4v) is 8.12. The molecule has 3 aromatic heterocycles. The van der Waals surface area contributed by atoms with E-state index in [2.05, 4.69) is 19.9 Å². The third-order valence-corrected chi connectivity index (χ3v) is 10.5. The average molecular weight is 685 g/mol. The van der Waals surface area contributed by atoms with Gasteiger partial charge >= 0.3 is 6.01 Å². The van der Waals surface area contributed by atoms with Crippen LogP contribution in [0.3, 0.4) is 0 Å². The average Bonchev–Trinajstić information content (AvgIpc) is 3.76. The number of ether oxygens (including phenoxy) is 2. The maximum atomic E-state index is 17.0. The van der Waals surface area contributed by atoms with E-state index < -0.39 is 23.6 Å². The number of aromatic hydroxyl groups is 1. The van der Waals surface area contributed by atoms with Crippen molar-refractivity contribution >= 4 is 45.7 Å². The summed E-state index contributed by atoms with van der Waals surface area (Å²) in [5, 5.41) is 11.5. The zero-order valence-electron chi connectivity index (χ0n) is 25.6. The van der Waals surface area contributed by atoms with E-state index in [1.165, 1.54) is 18.3 Å². The van der Waals surface area contributed by atoms with E-state index in [0.717, 1.165) is 37.8 Å². The number of pyridine rings is 2. The molecule has 246 valence electrons. The minimum atomic E-state index is -0.935. The molecule has 14 heteroatoms. The standard InChI is InChI=1S/C33H33Cl2F2N7O3/c1-16(21-9-18(34)13-39-29(21)38)44-7-8-46-31-25-28(26(37)27(40-31)22-10-20(45)11-23(35)24(22)17-3-4-17)41-32(42-30(25)44)47-15-33-5-2-6-43(33)14-19(36)12-33/h9-11,13,16-17,19,45H,2-8,12,14-15H2,1H3,(H2,38,39)/t16-,19-,33+/m1/s1.